The summed E-state index contributed by atoms with van der Waals surface area (Å²) in [6.45, 7) is 1.43. The van der Waals surface area contributed by atoms with Gasteiger partial charge >= 0.3 is 0 Å². The van der Waals surface area contributed by atoms with E-state index in [1.165, 1.54) is 13.0 Å². The minimum atomic E-state index is -0.160. The molecule has 0 fully saturated rings. The Morgan fingerprint density at radius 1 is 1.31 bits per heavy atom. The second-order valence-electron chi connectivity index (χ2n) is 3.48. The van der Waals surface area contributed by atoms with Crippen LogP contribution in [0.15, 0.2) is 30.3 Å². The highest BCUT2D eigenvalue weighted by atomic mass is 35.5. The van der Waals surface area contributed by atoms with Gasteiger partial charge in [0.1, 0.15) is 5.75 Å². The molecule has 3 nitrogen and oxygen atoms in total. The normalized spacial score (nSPS) is 10.4. The van der Waals surface area contributed by atoms with Gasteiger partial charge in [-0.1, -0.05) is 23.7 Å². The number of phenolic OH excluding ortho intramolecular Hbond substituents is 1. The van der Waals surface area contributed by atoms with E-state index in [9.17, 15) is 9.90 Å². The number of halogens is 1. The molecule has 0 spiro atoms. The Morgan fingerprint density at radius 2 is 2.06 bits per heavy atom. The highest BCUT2D eigenvalue weighted by molar-refractivity contribution is 6.36. The average molecular weight is 236 g/mol. The first kappa shape index (κ1) is 10.8. The molecule has 1 amide bonds. The van der Waals surface area contributed by atoms with Crippen molar-refractivity contribution in [1.82, 2.24) is 0 Å². The molecule has 0 atom stereocenters. The fourth-order valence-corrected chi connectivity index (χ4v) is 1.91. The molecular weight excluding hydrogens is 226 g/mol. The van der Waals surface area contributed by atoms with Gasteiger partial charge in [0.2, 0.25) is 5.91 Å². The Bertz CT molecular complexity index is 558. The molecule has 82 valence electrons. The van der Waals surface area contributed by atoms with Crippen LogP contribution in [0.1, 0.15) is 6.92 Å². The zero-order chi connectivity index (χ0) is 11.7. The first-order chi connectivity index (χ1) is 7.59. The number of rotatable bonds is 1. The van der Waals surface area contributed by atoms with E-state index in [1.54, 1.807) is 24.3 Å². The van der Waals surface area contributed by atoms with E-state index in [4.69, 9.17) is 11.6 Å². The summed E-state index contributed by atoms with van der Waals surface area (Å²) in [5.41, 5.74) is 0.641. The minimum Gasteiger partial charge on any atom is -0.507 e. The molecule has 0 aliphatic carbocycles. The van der Waals surface area contributed by atoms with Gasteiger partial charge in [0.15, 0.2) is 0 Å². The number of aromatic hydroxyl groups is 1. The standard InChI is InChI=1S/C12H10ClNO2/c1-7(15)14-10-5-6-11(16)12-8(10)3-2-4-9(12)13/h2-6,16H,1H3,(H,14,15). The number of carbonyl (C=O) groups excluding carboxylic acids is 1. The minimum absolute atomic E-state index is 0.106. The van der Waals surface area contributed by atoms with Gasteiger partial charge in [-0.2, -0.15) is 0 Å². The molecule has 0 radical (unpaired) electrons. The van der Waals surface area contributed by atoms with Crippen LogP contribution in [-0.2, 0) is 4.79 Å². The first-order valence-corrected chi connectivity index (χ1v) is 5.15. The Labute approximate surface area is 97.7 Å². The van der Waals surface area contributed by atoms with Gasteiger partial charge < -0.3 is 10.4 Å². The maximum absolute atomic E-state index is 11.0. The number of carbonyl (C=O) groups is 1. The largest absolute Gasteiger partial charge is 0.507 e. The first-order valence-electron chi connectivity index (χ1n) is 4.77. The Balaban J connectivity index is 2.74. The van der Waals surface area contributed by atoms with Crippen molar-refractivity contribution in [1.29, 1.82) is 0 Å². The predicted octanol–water partition coefficient (Wildman–Crippen LogP) is 3.16. The molecule has 0 bridgehead atoms. The second kappa shape index (κ2) is 4.02. The molecule has 0 aromatic heterocycles. The highest BCUT2D eigenvalue weighted by Gasteiger charge is 2.08. The fraction of sp³-hybridized carbons (Fsp3) is 0.0833. The Kier molecular flexibility index (Phi) is 2.71. The summed E-state index contributed by atoms with van der Waals surface area (Å²) in [6, 6.07) is 8.43. The SMILES string of the molecule is CC(=O)Nc1ccc(O)c2c(Cl)cccc12. The summed E-state index contributed by atoms with van der Waals surface area (Å²) < 4.78 is 0. The smallest absolute Gasteiger partial charge is 0.221 e. The summed E-state index contributed by atoms with van der Waals surface area (Å²) in [5.74, 6) is -0.0540. The number of amides is 1. The van der Waals surface area contributed by atoms with Gasteiger partial charge in [-0.3, -0.25) is 4.79 Å². The lowest BCUT2D eigenvalue weighted by Crippen LogP contribution is -2.05. The summed E-state index contributed by atoms with van der Waals surface area (Å²) in [5, 5.41) is 14.1. The van der Waals surface area contributed by atoms with Crippen LogP contribution in [0.4, 0.5) is 5.69 Å². The van der Waals surface area contributed by atoms with Crippen LogP contribution in [0.3, 0.4) is 0 Å². The molecule has 2 rings (SSSR count). The van der Waals surface area contributed by atoms with E-state index < -0.39 is 0 Å². The van der Waals surface area contributed by atoms with Crippen molar-refractivity contribution in [3.8, 4) is 5.75 Å². The Hall–Kier alpha value is -1.74. The highest BCUT2D eigenvalue weighted by Crippen LogP contribution is 2.35. The average Bonchev–Trinajstić information content (AvgIpc) is 2.22. The third-order valence-electron chi connectivity index (χ3n) is 2.28. The van der Waals surface area contributed by atoms with Crippen molar-refractivity contribution in [2.75, 3.05) is 5.32 Å². The van der Waals surface area contributed by atoms with Gasteiger partial charge in [0, 0.05) is 23.4 Å². The Morgan fingerprint density at radius 3 is 2.75 bits per heavy atom. The maximum Gasteiger partial charge on any atom is 0.221 e. The van der Waals surface area contributed by atoms with E-state index >= 15 is 0 Å². The van der Waals surface area contributed by atoms with Crippen LogP contribution in [0, 0.1) is 0 Å². The quantitative estimate of drug-likeness (QED) is 0.746. The molecule has 16 heavy (non-hydrogen) atoms. The molecule has 4 heteroatoms. The van der Waals surface area contributed by atoms with Crippen molar-refractivity contribution in [3.05, 3.63) is 35.4 Å². The lowest BCUT2D eigenvalue weighted by atomic mass is 10.1. The summed E-state index contributed by atoms with van der Waals surface area (Å²) in [6.07, 6.45) is 0. The molecule has 0 saturated carbocycles. The van der Waals surface area contributed by atoms with Crippen LogP contribution in [0.5, 0.6) is 5.75 Å². The molecule has 2 N–H and O–H groups in total. The third-order valence-corrected chi connectivity index (χ3v) is 2.59. The van der Waals surface area contributed by atoms with E-state index in [0.29, 0.717) is 16.1 Å². The predicted molar refractivity (Wildman–Crippen MR) is 64.9 cm³/mol. The van der Waals surface area contributed by atoms with E-state index in [-0.39, 0.29) is 11.7 Å². The molecule has 0 aliphatic rings. The topological polar surface area (TPSA) is 49.3 Å². The van der Waals surface area contributed by atoms with Crippen molar-refractivity contribution in [2.45, 2.75) is 6.92 Å². The number of hydrogen-bond donors (Lipinski definition) is 2. The van der Waals surface area contributed by atoms with Crippen molar-refractivity contribution in [3.63, 3.8) is 0 Å². The van der Waals surface area contributed by atoms with Crippen LogP contribution < -0.4 is 5.32 Å². The summed E-state index contributed by atoms with van der Waals surface area (Å²) in [4.78, 5) is 11.0. The fourth-order valence-electron chi connectivity index (χ4n) is 1.64. The van der Waals surface area contributed by atoms with Crippen LogP contribution >= 0.6 is 11.6 Å². The number of nitrogens with one attached hydrogen (secondary N) is 1. The monoisotopic (exact) mass is 235 g/mol. The van der Waals surface area contributed by atoms with E-state index in [0.717, 1.165) is 5.39 Å². The third kappa shape index (κ3) is 1.82. The summed E-state index contributed by atoms with van der Waals surface area (Å²) in [7, 11) is 0. The van der Waals surface area contributed by atoms with Gasteiger partial charge in [-0.15, -0.1) is 0 Å². The van der Waals surface area contributed by atoms with Gasteiger partial charge in [0.25, 0.3) is 0 Å². The van der Waals surface area contributed by atoms with Crippen LogP contribution in [0.25, 0.3) is 10.8 Å². The number of fused-ring (bicyclic) bond motifs is 1. The lowest BCUT2D eigenvalue weighted by Gasteiger charge is -2.09. The molecule has 2 aromatic carbocycles. The van der Waals surface area contributed by atoms with Gasteiger partial charge in [-0.05, 0) is 18.2 Å². The second-order valence-corrected chi connectivity index (χ2v) is 3.88. The van der Waals surface area contributed by atoms with E-state index in [2.05, 4.69) is 5.32 Å². The zero-order valence-electron chi connectivity index (χ0n) is 8.62. The van der Waals surface area contributed by atoms with Crippen LogP contribution in [0.2, 0.25) is 5.02 Å². The maximum atomic E-state index is 11.0. The lowest BCUT2D eigenvalue weighted by molar-refractivity contribution is -0.114. The molecule has 0 aliphatic heterocycles. The molecule has 2 aromatic rings. The molecule has 0 saturated heterocycles. The number of benzene rings is 2. The molecule has 0 heterocycles. The van der Waals surface area contributed by atoms with Gasteiger partial charge in [0.05, 0.1) is 5.02 Å². The number of hydrogen-bond acceptors (Lipinski definition) is 2. The van der Waals surface area contributed by atoms with Crippen LogP contribution in [-0.4, -0.2) is 11.0 Å². The molecular formula is C12H10ClNO2. The van der Waals surface area contributed by atoms with Crippen molar-refractivity contribution >= 4 is 34.0 Å². The zero-order valence-corrected chi connectivity index (χ0v) is 9.38. The van der Waals surface area contributed by atoms with Crippen molar-refractivity contribution in [2.24, 2.45) is 0 Å². The number of anilines is 1. The van der Waals surface area contributed by atoms with Crippen molar-refractivity contribution < 1.29 is 9.90 Å². The molecule has 0 unspecified atom stereocenters. The summed E-state index contributed by atoms with van der Waals surface area (Å²) >= 11 is 6.00. The van der Waals surface area contributed by atoms with E-state index in [1.807, 2.05) is 0 Å². The van der Waals surface area contributed by atoms with Gasteiger partial charge in [-0.25, -0.2) is 0 Å². The number of phenols is 1.